The van der Waals surface area contributed by atoms with E-state index in [-0.39, 0.29) is 6.03 Å². The highest BCUT2D eigenvalue weighted by atomic mass is 16.2. The Labute approximate surface area is 145 Å². The Morgan fingerprint density at radius 3 is 2.67 bits per heavy atom. The third-order valence-electron chi connectivity index (χ3n) is 4.97. The Kier molecular flexibility index (Phi) is 7.02. The number of aryl methyl sites for hydroxylation is 1. The second-order valence-electron chi connectivity index (χ2n) is 7.13. The van der Waals surface area contributed by atoms with Crippen molar-refractivity contribution in [3.8, 4) is 0 Å². The number of rotatable bonds is 7. The molecule has 1 fully saturated rings. The van der Waals surface area contributed by atoms with E-state index in [2.05, 4.69) is 46.5 Å². The van der Waals surface area contributed by atoms with Crippen molar-refractivity contribution >= 4 is 6.03 Å². The molecule has 0 unspecified atom stereocenters. The van der Waals surface area contributed by atoms with Crippen molar-refractivity contribution in [3.05, 3.63) is 12.2 Å². The lowest BCUT2D eigenvalue weighted by molar-refractivity contribution is 0.108. The summed E-state index contributed by atoms with van der Waals surface area (Å²) in [4.78, 5) is 14.6. The van der Waals surface area contributed by atoms with Gasteiger partial charge in [-0.1, -0.05) is 20.8 Å². The van der Waals surface area contributed by atoms with Crippen molar-refractivity contribution in [2.75, 3.05) is 19.6 Å². The van der Waals surface area contributed by atoms with Gasteiger partial charge >= 0.3 is 6.03 Å². The Balaban J connectivity index is 1.77. The number of carbonyl (C=O) groups is 1. The highest BCUT2D eigenvalue weighted by Gasteiger charge is 2.25. The molecule has 2 rings (SSSR count). The first-order valence-electron chi connectivity index (χ1n) is 9.13. The molecule has 1 aliphatic rings. The predicted octanol–water partition coefficient (Wildman–Crippen LogP) is 1.85. The maximum Gasteiger partial charge on any atom is 0.315 e. The molecular formula is C17H32N6O. The van der Waals surface area contributed by atoms with Gasteiger partial charge in [0.2, 0.25) is 0 Å². The molecule has 2 N–H and O–H groups in total. The van der Waals surface area contributed by atoms with E-state index < -0.39 is 0 Å². The van der Waals surface area contributed by atoms with Crippen molar-refractivity contribution in [3.63, 3.8) is 0 Å². The molecule has 1 aromatic rings. The first-order chi connectivity index (χ1) is 11.5. The molecule has 0 spiro atoms. The molecule has 1 aromatic heterocycles. The summed E-state index contributed by atoms with van der Waals surface area (Å²) < 4.78 is 1.92. The highest BCUT2D eigenvalue weighted by Crippen LogP contribution is 2.20. The third-order valence-corrected chi connectivity index (χ3v) is 4.97. The molecule has 1 aliphatic heterocycles. The Morgan fingerprint density at radius 1 is 1.33 bits per heavy atom. The van der Waals surface area contributed by atoms with E-state index in [0.717, 1.165) is 31.4 Å². The van der Waals surface area contributed by atoms with E-state index in [4.69, 9.17) is 0 Å². The summed E-state index contributed by atoms with van der Waals surface area (Å²) in [7, 11) is 0. The van der Waals surface area contributed by atoms with Gasteiger partial charge in [0, 0.05) is 19.1 Å². The SMILES string of the molecule is CCn1cnnc1CNC(=O)NC[C@H](C(C)C)N1CCC(C)CC1. The summed E-state index contributed by atoms with van der Waals surface area (Å²) in [6, 6.07) is 0.249. The van der Waals surface area contributed by atoms with Crippen LogP contribution in [0.2, 0.25) is 0 Å². The van der Waals surface area contributed by atoms with Crippen LogP contribution < -0.4 is 10.6 Å². The molecule has 0 aliphatic carbocycles. The molecule has 0 bridgehead atoms. The lowest BCUT2D eigenvalue weighted by Gasteiger charge is -2.38. The monoisotopic (exact) mass is 336 g/mol. The third kappa shape index (κ3) is 5.19. The number of aromatic nitrogens is 3. The van der Waals surface area contributed by atoms with Gasteiger partial charge in [0.1, 0.15) is 6.33 Å². The molecule has 1 atom stereocenters. The summed E-state index contributed by atoms with van der Waals surface area (Å²) in [6.07, 6.45) is 4.19. The molecule has 24 heavy (non-hydrogen) atoms. The van der Waals surface area contributed by atoms with Crippen LogP contribution in [0.1, 0.15) is 46.4 Å². The second-order valence-corrected chi connectivity index (χ2v) is 7.13. The molecule has 7 heteroatoms. The van der Waals surface area contributed by atoms with Gasteiger partial charge in [-0.3, -0.25) is 4.90 Å². The Morgan fingerprint density at radius 2 is 2.04 bits per heavy atom. The van der Waals surface area contributed by atoms with Crippen LogP contribution in [0, 0.1) is 11.8 Å². The fourth-order valence-corrected chi connectivity index (χ4v) is 3.25. The van der Waals surface area contributed by atoms with Gasteiger partial charge in [-0.25, -0.2) is 4.79 Å². The molecule has 2 amide bonds. The van der Waals surface area contributed by atoms with E-state index in [1.807, 2.05) is 11.5 Å². The summed E-state index contributed by atoms with van der Waals surface area (Å²) in [6.45, 7) is 12.9. The Hall–Kier alpha value is -1.63. The summed E-state index contributed by atoms with van der Waals surface area (Å²) >= 11 is 0. The van der Waals surface area contributed by atoms with Crippen molar-refractivity contribution in [2.45, 2.75) is 59.7 Å². The second kappa shape index (κ2) is 9.01. The van der Waals surface area contributed by atoms with Crippen molar-refractivity contribution in [1.82, 2.24) is 30.3 Å². The molecule has 7 nitrogen and oxygen atoms in total. The van der Waals surface area contributed by atoms with Crippen LogP contribution in [0.4, 0.5) is 4.79 Å². The van der Waals surface area contributed by atoms with Gasteiger partial charge < -0.3 is 15.2 Å². The zero-order valence-electron chi connectivity index (χ0n) is 15.5. The van der Waals surface area contributed by atoms with Gasteiger partial charge in [-0.2, -0.15) is 0 Å². The van der Waals surface area contributed by atoms with Crippen LogP contribution >= 0.6 is 0 Å². The number of piperidine rings is 1. The van der Waals surface area contributed by atoms with Crippen LogP contribution in [-0.4, -0.2) is 51.4 Å². The molecular weight excluding hydrogens is 304 g/mol. The lowest BCUT2D eigenvalue weighted by atomic mass is 9.94. The first kappa shape index (κ1) is 18.7. The van der Waals surface area contributed by atoms with Crippen LogP contribution in [0.5, 0.6) is 0 Å². The molecule has 0 aromatic carbocycles. The molecule has 1 saturated heterocycles. The quantitative estimate of drug-likeness (QED) is 0.797. The van der Waals surface area contributed by atoms with Gasteiger partial charge in [-0.15, -0.1) is 10.2 Å². The summed E-state index contributed by atoms with van der Waals surface area (Å²) in [5.74, 6) is 2.11. The maximum absolute atomic E-state index is 12.1. The van der Waals surface area contributed by atoms with Gasteiger partial charge in [0.25, 0.3) is 0 Å². The Bertz CT molecular complexity index is 507. The number of likely N-dealkylation sites (tertiary alicyclic amines) is 1. The van der Waals surface area contributed by atoms with E-state index in [9.17, 15) is 4.79 Å². The van der Waals surface area contributed by atoms with Crippen molar-refractivity contribution in [1.29, 1.82) is 0 Å². The number of hydrogen-bond acceptors (Lipinski definition) is 4. The predicted molar refractivity (Wildman–Crippen MR) is 94.5 cm³/mol. The number of amides is 2. The van der Waals surface area contributed by atoms with E-state index in [1.54, 1.807) is 6.33 Å². The van der Waals surface area contributed by atoms with E-state index in [0.29, 0.717) is 25.0 Å². The topological polar surface area (TPSA) is 75.1 Å². The smallest absolute Gasteiger partial charge is 0.315 e. The minimum absolute atomic E-state index is 0.142. The van der Waals surface area contributed by atoms with Gasteiger partial charge in [0.05, 0.1) is 6.54 Å². The number of nitrogens with one attached hydrogen (secondary N) is 2. The van der Waals surface area contributed by atoms with Crippen molar-refractivity contribution < 1.29 is 4.79 Å². The fourth-order valence-electron chi connectivity index (χ4n) is 3.25. The number of nitrogens with zero attached hydrogens (tertiary/aromatic N) is 4. The van der Waals surface area contributed by atoms with Gasteiger partial charge in [-0.05, 0) is 44.7 Å². The van der Waals surface area contributed by atoms with Crippen LogP contribution in [0.3, 0.4) is 0 Å². The molecule has 136 valence electrons. The molecule has 0 saturated carbocycles. The zero-order valence-corrected chi connectivity index (χ0v) is 15.5. The lowest BCUT2D eigenvalue weighted by Crippen LogP contribution is -2.51. The number of hydrogen-bond donors (Lipinski definition) is 2. The average molecular weight is 336 g/mol. The van der Waals surface area contributed by atoms with Crippen LogP contribution in [0.25, 0.3) is 0 Å². The highest BCUT2D eigenvalue weighted by molar-refractivity contribution is 5.73. The molecule has 2 heterocycles. The maximum atomic E-state index is 12.1. The minimum Gasteiger partial charge on any atom is -0.337 e. The first-order valence-corrected chi connectivity index (χ1v) is 9.13. The van der Waals surface area contributed by atoms with Gasteiger partial charge in [0.15, 0.2) is 5.82 Å². The average Bonchev–Trinajstić information content (AvgIpc) is 3.02. The van der Waals surface area contributed by atoms with Crippen molar-refractivity contribution in [2.24, 2.45) is 11.8 Å². The van der Waals surface area contributed by atoms with Crippen LogP contribution in [0.15, 0.2) is 6.33 Å². The normalized spacial score (nSPS) is 17.9. The fraction of sp³-hybridized carbons (Fsp3) is 0.824. The standard InChI is InChI=1S/C17H32N6O/c1-5-22-12-20-21-16(22)11-19-17(24)18-10-15(13(2)3)23-8-6-14(4)7-9-23/h12-15H,5-11H2,1-4H3,(H2,18,19,24)/t15-/m1/s1. The largest absolute Gasteiger partial charge is 0.337 e. The minimum atomic E-state index is -0.142. The van der Waals surface area contributed by atoms with E-state index in [1.165, 1.54) is 12.8 Å². The number of carbonyl (C=O) groups excluding carboxylic acids is 1. The summed E-state index contributed by atoms with van der Waals surface area (Å²) in [5, 5.41) is 13.8. The number of urea groups is 1. The van der Waals surface area contributed by atoms with E-state index >= 15 is 0 Å². The van der Waals surface area contributed by atoms with Crippen LogP contribution in [-0.2, 0) is 13.1 Å². The zero-order chi connectivity index (χ0) is 17.5. The molecule has 0 radical (unpaired) electrons. The summed E-state index contributed by atoms with van der Waals surface area (Å²) in [5.41, 5.74) is 0.